The zero-order valence-corrected chi connectivity index (χ0v) is 10.9. The van der Waals surface area contributed by atoms with Crippen molar-refractivity contribution >= 4 is 0 Å². The fourth-order valence-electron chi connectivity index (χ4n) is 2.68. The first-order chi connectivity index (χ1) is 7.27. The summed E-state index contributed by atoms with van der Waals surface area (Å²) < 4.78 is 0. The van der Waals surface area contributed by atoms with Crippen LogP contribution < -0.4 is 5.32 Å². The average molecular weight is 211 g/mol. The monoisotopic (exact) mass is 211 g/mol. The highest BCUT2D eigenvalue weighted by atomic mass is 14.9. The smallest absolute Gasteiger partial charge is 0.00928 e. The van der Waals surface area contributed by atoms with E-state index in [2.05, 4.69) is 26.1 Å². The Kier molecular flexibility index (Phi) is 6.31. The topological polar surface area (TPSA) is 12.0 Å². The van der Waals surface area contributed by atoms with Crippen LogP contribution in [0.5, 0.6) is 0 Å². The maximum absolute atomic E-state index is 3.79. The molecule has 2 atom stereocenters. The summed E-state index contributed by atoms with van der Waals surface area (Å²) in [6.07, 6.45) is 9.93. The van der Waals surface area contributed by atoms with Gasteiger partial charge in [-0.05, 0) is 37.6 Å². The van der Waals surface area contributed by atoms with E-state index in [1.165, 1.54) is 51.5 Å². The molecule has 1 rings (SSSR count). The Morgan fingerprint density at radius 1 is 1.07 bits per heavy atom. The van der Waals surface area contributed by atoms with Crippen molar-refractivity contribution in [1.29, 1.82) is 0 Å². The van der Waals surface area contributed by atoms with Gasteiger partial charge in [0.25, 0.3) is 0 Å². The normalized spacial score (nSPS) is 22.6. The first-order valence-corrected chi connectivity index (χ1v) is 7.01. The van der Waals surface area contributed by atoms with Crippen LogP contribution in [0, 0.1) is 11.8 Å². The largest absolute Gasteiger partial charge is 0.313 e. The van der Waals surface area contributed by atoms with E-state index < -0.39 is 0 Å². The molecule has 1 heteroatoms. The Morgan fingerprint density at radius 2 is 1.73 bits per heavy atom. The van der Waals surface area contributed by atoms with Crippen LogP contribution in [0.4, 0.5) is 0 Å². The molecule has 1 nitrogen and oxygen atoms in total. The van der Waals surface area contributed by atoms with Gasteiger partial charge in [-0.2, -0.15) is 0 Å². The van der Waals surface area contributed by atoms with E-state index in [-0.39, 0.29) is 0 Å². The first kappa shape index (κ1) is 13.0. The van der Waals surface area contributed by atoms with Gasteiger partial charge >= 0.3 is 0 Å². The Balaban J connectivity index is 2.27. The molecule has 1 fully saturated rings. The van der Waals surface area contributed by atoms with E-state index in [0.717, 1.165) is 17.9 Å². The molecule has 1 aliphatic carbocycles. The standard InChI is InChI=1S/C14H29N/c1-4-12(3)11-15-14(5-2)13-9-7-6-8-10-13/h12-15H,4-11H2,1-3H3. The zero-order valence-electron chi connectivity index (χ0n) is 10.9. The van der Waals surface area contributed by atoms with Crippen molar-refractivity contribution in [3.63, 3.8) is 0 Å². The predicted octanol–water partition coefficient (Wildman–Crippen LogP) is 3.98. The van der Waals surface area contributed by atoms with Crippen molar-refractivity contribution in [3.8, 4) is 0 Å². The van der Waals surface area contributed by atoms with E-state index in [4.69, 9.17) is 0 Å². The molecule has 0 radical (unpaired) electrons. The molecule has 0 heterocycles. The molecular formula is C14H29N. The van der Waals surface area contributed by atoms with E-state index in [1.54, 1.807) is 0 Å². The lowest BCUT2D eigenvalue weighted by atomic mass is 9.83. The third kappa shape index (κ3) is 4.55. The molecule has 1 aliphatic rings. The highest BCUT2D eigenvalue weighted by Crippen LogP contribution is 2.27. The zero-order chi connectivity index (χ0) is 11.1. The highest BCUT2D eigenvalue weighted by Gasteiger charge is 2.21. The summed E-state index contributed by atoms with van der Waals surface area (Å²) in [4.78, 5) is 0. The van der Waals surface area contributed by atoms with Crippen molar-refractivity contribution in [2.75, 3.05) is 6.54 Å². The van der Waals surface area contributed by atoms with Crippen molar-refractivity contribution in [1.82, 2.24) is 5.32 Å². The van der Waals surface area contributed by atoms with Crippen LogP contribution in [-0.4, -0.2) is 12.6 Å². The van der Waals surface area contributed by atoms with Gasteiger partial charge in [0, 0.05) is 6.04 Å². The summed E-state index contributed by atoms with van der Waals surface area (Å²) in [7, 11) is 0. The minimum absolute atomic E-state index is 0.791. The summed E-state index contributed by atoms with van der Waals surface area (Å²) >= 11 is 0. The minimum atomic E-state index is 0.791. The molecule has 15 heavy (non-hydrogen) atoms. The van der Waals surface area contributed by atoms with Gasteiger partial charge in [-0.25, -0.2) is 0 Å². The van der Waals surface area contributed by atoms with Crippen molar-refractivity contribution in [3.05, 3.63) is 0 Å². The predicted molar refractivity (Wildman–Crippen MR) is 68.1 cm³/mol. The second-order valence-electron chi connectivity index (χ2n) is 5.33. The maximum atomic E-state index is 3.79. The van der Waals surface area contributed by atoms with Gasteiger partial charge in [-0.3, -0.25) is 0 Å². The van der Waals surface area contributed by atoms with E-state index >= 15 is 0 Å². The number of hydrogen-bond acceptors (Lipinski definition) is 1. The molecule has 0 amide bonds. The molecule has 1 saturated carbocycles. The van der Waals surface area contributed by atoms with Gasteiger partial charge in [0.05, 0.1) is 0 Å². The Hall–Kier alpha value is -0.0400. The molecule has 0 aliphatic heterocycles. The first-order valence-electron chi connectivity index (χ1n) is 7.01. The Bertz CT molecular complexity index is 149. The minimum Gasteiger partial charge on any atom is -0.313 e. The fourth-order valence-corrected chi connectivity index (χ4v) is 2.68. The third-order valence-corrected chi connectivity index (χ3v) is 4.08. The van der Waals surface area contributed by atoms with Crippen LogP contribution in [0.2, 0.25) is 0 Å². The second kappa shape index (κ2) is 7.27. The van der Waals surface area contributed by atoms with Crippen LogP contribution in [0.25, 0.3) is 0 Å². The van der Waals surface area contributed by atoms with Crippen LogP contribution in [-0.2, 0) is 0 Å². The summed E-state index contributed by atoms with van der Waals surface area (Å²) in [5.74, 6) is 1.80. The lowest BCUT2D eigenvalue weighted by Gasteiger charge is -2.31. The second-order valence-corrected chi connectivity index (χ2v) is 5.33. The van der Waals surface area contributed by atoms with Crippen LogP contribution in [0.3, 0.4) is 0 Å². The van der Waals surface area contributed by atoms with Gasteiger partial charge < -0.3 is 5.32 Å². The number of nitrogens with one attached hydrogen (secondary N) is 1. The molecule has 90 valence electrons. The molecule has 0 aromatic heterocycles. The molecule has 0 aromatic rings. The average Bonchev–Trinajstić information content (AvgIpc) is 2.31. The molecule has 0 bridgehead atoms. The van der Waals surface area contributed by atoms with Crippen molar-refractivity contribution < 1.29 is 0 Å². The van der Waals surface area contributed by atoms with Gasteiger partial charge in [0.1, 0.15) is 0 Å². The van der Waals surface area contributed by atoms with E-state index in [1.807, 2.05) is 0 Å². The molecule has 0 spiro atoms. The Morgan fingerprint density at radius 3 is 2.27 bits per heavy atom. The maximum Gasteiger partial charge on any atom is 0.00928 e. The molecule has 0 aromatic carbocycles. The van der Waals surface area contributed by atoms with Crippen molar-refractivity contribution in [2.45, 2.75) is 71.8 Å². The van der Waals surface area contributed by atoms with Crippen LogP contribution >= 0.6 is 0 Å². The molecule has 1 N–H and O–H groups in total. The molecule has 2 unspecified atom stereocenters. The lowest BCUT2D eigenvalue weighted by molar-refractivity contribution is 0.254. The number of rotatable bonds is 6. The van der Waals surface area contributed by atoms with Crippen LogP contribution in [0.15, 0.2) is 0 Å². The summed E-state index contributed by atoms with van der Waals surface area (Å²) in [5, 5.41) is 3.79. The third-order valence-electron chi connectivity index (χ3n) is 4.08. The van der Waals surface area contributed by atoms with Crippen LogP contribution in [0.1, 0.15) is 65.7 Å². The number of hydrogen-bond donors (Lipinski definition) is 1. The van der Waals surface area contributed by atoms with E-state index in [0.29, 0.717) is 0 Å². The quantitative estimate of drug-likeness (QED) is 0.700. The van der Waals surface area contributed by atoms with Crippen molar-refractivity contribution in [2.24, 2.45) is 11.8 Å². The van der Waals surface area contributed by atoms with E-state index in [9.17, 15) is 0 Å². The van der Waals surface area contributed by atoms with Gasteiger partial charge in [0.2, 0.25) is 0 Å². The summed E-state index contributed by atoms with van der Waals surface area (Å²) in [5.41, 5.74) is 0. The fraction of sp³-hybridized carbons (Fsp3) is 1.00. The highest BCUT2D eigenvalue weighted by molar-refractivity contribution is 4.78. The Labute approximate surface area is 96.0 Å². The molecule has 0 saturated heterocycles. The summed E-state index contributed by atoms with van der Waals surface area (Å²) in [6.45, 7) is 8.18. The van der Waals surface area contributed by atoms with Gasteiger partial charge in [-0.1, -0.05) is 46.5 Å². The summed E-state index contributed by atoms with van der Waals surface area (Å²) in [6, 6.07) is 0.791. The SMILES string of the molecule is CCC(C)CNC(CC)C1CCCCC1. The lowest BCUT2D eigenvalue weighted by Crippen LogP contribution is -2.39. The van der Waals surface area contributed by atoms with Gasteiger partial charge in [-0.15, -0.1) is 0 Å². The van der Waals surface area contributed by atoms with Gasteiger partial charge in [0.15, 0.2) is 0 Å². The molecular weight excluding hydrogens is 182 g/mol.